The summed E-state index contributed by atoms with van der Waals surface area (Å²) in [4.78, 5) is 4.30. The van der Waals surface area contributed by atoms with Gasteiger partial charge in [-0.2, -0.15) is 0 Å². The number of nitrogens with two attached hydrogens (primary N) is 1. The Bertz CT molecular complexity index is 550. The highest BCUT2D eigenvalue weighted by Crippen LogP contribution is 2.09. The van der Waals surface area contributed by atoms with Crippen LogP contribution >= 0.6 is 11.6 Å². The molecule has 0 aliphatic rings. The Morgan fingerprint density at radius 2 is 1.70 bits per heavy atom. The Morgan fingerprint density at radius 3 is 2.40 bits per heavy atom. The monoisotopic (exact) mass is 287 g/mol. The van der Waals surface area contributed by atoms with Crippen LogP contribution < -0.4 is 11.1 Å². The molecule has 3 nitrogen and oxygen atoms in total. The number of benzene rings is 2. The van der Waals surface area contributed by atoms with Crippen molar-refractivity contribution in [3.05, 3.63) is 70.7 Å². The van der Waals surface area contributed by atoms with Crippen LogP contribution in [0.25, 0.3) is 0 Å². The summed E-state index contributed by atoms with van der Waals surface area (Å²) < 4.78 is 0. The van der Waals surface area contributed by atoms with E-state index in [1.54, 1.807) is 0 Å². The lowest BCUT2D eigenvalue weighted by Crippen LogP contribution is -2.33. The Labute approximate surface area is 124 Å². The molecule has 104 valence electrons. The zero-order valence-electron chi connectivity index (χ0n) is 11.2. The molecule has 0 amide bonds. The van der Waals surface area contributed by atoms with Crippen LogP contribution in [0, 0.1) is 0 Å². The lowest BCUT2D eigenvalue weighted by Gasteiger charge is -2.06. The quantitative estimate of drug-likeness (QED) is 0.656. The van der Waals surface area contributed by atoms with E-state index in [0.29, 0.717) is 12.5 Å². The van der Waals surface area contributed by atoms with Crippen LogP contribution in [0.4, 0.5) is 0 Å². The minimum Gasteiger partial charge on any atom is -0.370 e. The van der Waals surface area contributed by atoms with Gasteiger partial charge in [-0.15, -0.1) is 0 Å². The molecule has 0 aliphatic heterocycles. The summed E-state index contributed by atoms with van der Waals surface area (Å²) in [6, 6.07) is 17.9. The molecule has 0 saturated heterocycles. The van der Waals surface area contributed by atoms with Crippen LogP contribution in [0.2, 0.25) is 5.02 Å². The molecule has 20 heavy (non-hydrogen) atoms. The molecular weight excluding hydrogens is 270 g/mol. The van der Waals surface area contributed by atoms with Gasteiger partial charge in [0.15, 0.2) is 5.96 Å². The summed E-state index contributed by atoms with van der Waals surface area (Å²) in [6.07, 6.45) is 0.929. The van der Waals surface area contributed by atoms with E-state index in [2.05, 4.69) is 22.4 Å². The molecule has 0 radical (unpaired) electrons. The number of aliphatic imine (C=N–C) groups is 1. The van der Waals surface area contributed by atoms with Gasteiger partial charge in [-0.3, -0.25) is 0 Å². The molecule has 0 aliphatic carbocycles. The van der Waals surface area contributed by atoms with E-state index in [4.69, 9.17) is 17.3 Å². The zero-order valence-corrected chi connectivity index (χ0v) is 12.0. The maximum atomic E-state index is 5.83. The van der Waals surface area contributed by atoms with Gasteiger partial charge in [-0.05, 0) is 29.7 Å². The van der Waals surface area contributed by atoms with Crippen molar-refractivity contribution in [1.82, 2.24) is 5.32 Å². The van der Waals surface area contributed by atoms with Crippen molar-refractivity contribution in [1.29, 1.82) is 0 Å². The average molecular weight is 288 g/mol. The summed E-state index contributed by atoms with van der Waals surface area (Å²) in [5, 5.41) is 3.84. The minimum atomic E-state index is 0.468. The first-order valence-corrected chi connectivity index (χ1v) is 6.94. The highest BCUT2D eigenvalue weighted by atomic mass is 35.5. The van der Waals surface area contributed by atoms with E-state index in [1.165, 1.54) is 5.56 Å². The second kappa shape index (κ2) is 7.56. The van der Waals surface area contributed by atoms with Gasteiger partial charge < -0.3 is 11.1 Å². The van der Waals surface area contributed by atoms with Crippen LogP contribution in [-0.4, -0.2) is 12.5 Å². The lowest BCUT2D eigenvalue weighted by atomic mass is 10.1. The van der Waals surface area contributed by atoms with Gasteiger partial charge in [0.25, 0.3) is 0 Å². The highest BCUT2D eigenvalue weighted by molar-refractivity contribution is 6.30. The van der Waals surface area contributed by atoms with Crippen molar-refractivity contribution in [3.8, 4) is 0 Å². The van der Waals surface area contributed by atoms with E-state index in [1.807, 2.05) is 42.5 Å². The van der Waals surface area contributed by atoms with Crippen LogP contribution in [-0.2, 0) is 13.0 Å². The van der Waals surface area contributed by atoms with E-state index >= 15 is 0 Å². The molecule has 2 rings (SSSR count). The fourth-order valence-electron chi connectivity index (χ4n) is 1.80. The largest absolute Gasteiger partial charge is 0.370 e. The second-order valence-electron chi connectivity index (χ2n) is 4.49. The highest BCUT2D eigenvalue weighted by Gasteiger charge is 1.95. The molecule has 4 heteroatoms. The van der Waals surface area contributed by atoms with Gasteiger partial charge in [-0.25, -0.2) is 4.99 Å². The molecule has 0 bridgehead atoms. The Hall–Kier alpha value is -2.00. The molecule has 0 spiro atoms. The van der Waals surface area contributed by atoms with Crippen LogP contribution in [0.3, 0.4) is 0 Å². The summed E-state index contributed by atoms with van der Waals surface area (Å²) >= 11 is 5.83. The number of guanidine groups is 1. The predicted molar refractivity (Wildman–Crippen MR) is 84.9 cm³/mol. The van der Waals surface area contributed by atoms with E-state index < -0.39 is 0 Å². The number of nitrogens with one attached hydrogen (secondary N) is 1. The normalized spacial score (nSPS) is 11.3. The van der Waals surface area contributed by atoms with E-state index in [0.717, 1.165) is 23.6 Å². The molecule has 0 saturated carbocycles. The van der Waals surface area contributed by atoms with Crippen molar-refractivity contribution >= 4 is 17.6 Å². The second-order valence-corrected chi connectivity index (χ2v) is 4.93. The third-order valence-corrected chi connectivity index (χ3v) is 3.16. The topological polar surface area (TPSA) is 50.4 Å². The molecule has 0 unspecified atom stereocenters. The van der Waals surface area contributed by atoms with Gasteiger partial charge in [0.2, 0.25) is 0 Å². The molecule has 0 atom stereocenters. The summed E-state index contributed by atoms with van der Waals surface area (Å²) in [5.41, 5.74) is 8.20. The lowest BCUT2D eigenvalue weighted by molar-refractivity contribution is 0.848. The fraction of sp³-hybridized carbons (Fsp3) is 0.188. The molecule has 3 N–H and O–H groups in total. The standard InChI is InChI=1S/C16H18ClN3/c17-15-8-6-14(7-9-15)12-20-16(18)19-11-10-13-4-2-1-3-5-13/h1-9H,10-12H2,(H3,18,19,20). The van der Waals surface area contributed by atoms with E-state index in [9.17, 15) is 0 Å². The van der Waals surface area contributed by atoms with Crippen LogP contribution in [0.1, 0.15) is 11.1 Å². The number of rotatable bonds is 5. The van der Waals surface area contributed by atoms with Crippen molar-refractivity contribution in [2.45, 2.75) is 13.0 Å². The van der Waals surface area contributed by atoms with Gasteiger partial charge in [0, 0.05) is 11.6 Å². The van der Waals surface area contributed by atoms with Gasteiger partial charge in [0.05, 0.1) is 6.54 Å². The fourth-order valence-corrected chi connectivity index (χ4v) is 1.93. The molecule has 0 aromatic heterocycles. The van der Waals surface area contributed by atoms with Crippen molar-refractivity contribution in [2.24, 2.45) is 10.7 Å². The number of hydrogen-bond acceptors (Lipinski definition) is 1. The first kappa shape index (κ1) is 14.4. The Kier molecular flexibility index (Phi) is 5.44. The van der Waals surface area contributed by atoms with Crippen LogP contribution in [0.15, 0.2) is 59.6 Å². The molecule has 0 fully saturated rings. The number of hydrogen-bond donors (Lipinski definition) is 2. The number of nitrogens with zero attached hydrogens (tertiary/aromatic N) is 1. The SMILES string of the molecule is NC(=NCc1ccc(Cl)cc1)NCCc1ccccc1. The summed E-state index contributed by atoms with van der Waals surface area (Å²) in [6.45, 7) is 1.33. The van der Waals surface area contributed by atoms with Crippen molar-refractivity contribution in [3.63, 3.8) is 0 Å². The van der Waals surface area contributed by atoms with Gasteiger partial charge in [-0.1, -0.05) is 54.1 Å². The first-order valence-electron chi connectivity index (χ1n) is 6.56. The molecule has 0 heterocycles. The van der Waals surface area contributed by atoms with Crippen LogP contribution in [0.5, 0.6) is 0 Å². The van der Waals surface area contributed by atoms with Gasteiger partial charge in [0.1, 0.15) is 0 Å². The maximum Gasteiger partial charge on any atom is 0.188 e. The van der Waals surface area contributed by atoms with Crippen molar-refractivity contribution < 1.29 is 0 Å². The minimum absolute atomic E-state index is 0.468. The molecular formula is C16H18ClN3. The number of halogens is 1. The smallest absolute Gasteiger partial charge is 0.188 e. The Morgan fingerprint density at radius 1 is 1.00 bits per heavy atom. The predicted octanol–water partition coefficient (Wildman–Crippen LogP) is 2.99. The molecule has 2 aromatic carbocycles. The summed E-state index contributed by atoms with van der Waals surface area (Å²) in [5.74, 6) is 0.468. The third kappa shape index (κ3) is 4.94. The Balaban J connectivity index is 1.75. The molecule has 2 aromatic rings. The van der Waals surface area contributed by atoms with Gasteiger partial charge >= 0.3 is 0 Å². The van der Waals surface area contributed by atoms with Crippen molar-refractivity contribution in [2.75, 3.05) is 6.54 Å². The third-order valence-electron chi connectivity index (χ3n) is 2.91. The average Bonchev–Trinajstić information content (AvgIpc) is 2.48. The maximum absolute atomic E-state index is 5.83. The van der Waals surface area contributed by atoms with E-state index in [-0.39, 0.29) is 0 Å². The first-order chi connectivity index (χ1) is 9.74. The summed E-state index contributed by atoms with van der Waals surface area (Å²) in [7, 11) is 0. The zero-order chi connectivity index (χ0) is 14.2.